The lowest BCUT2D eigenvalue weighted by atomic mass is 10.0. The second-order valence-corrected chi connectivity index (χ2v) is 8.25. The minimum Gasteiger partial charge on any atom is -0.235 e. The Morgan fingerprint density at radius 2 is 1.29 bits per heavy atom. The highest BCUT2D eigenvalue weighted by molar-refractivity contribution is 5.13. The summed E-state index contributed by atoms with van der Waals surface area (Å²) in [5, 5.41) is 0. The van der Waals surface area contributed by atoms with Crippen molar-refractivity contribution in [2.75, 3.05) is 0 Å². The summed E-state index contributed by atoms with van der Waals surface area (Å²) in [6.45, 7) is 6.59. The molecule has 0 aliphatic carbocycles. The number of unbranched alkanes of at least 4 members (excludes halogenated alkanes) is 11. The summed E-state index contributed by atoms with van der Waals surface area (Å²) < 4.78 is 4.86. The summed E-state index contributed by atoms with van der Waals surface area (Å²) >= 11 is 0. The van der Waals surface area contributed by atoms with Gasteiger partial charge in [-0.2, -0.15) is 0 Å². The van der Waals surface area contributed by atoms with E-state index >= 15 is 0 Å². The number of hydrogen-bond donors (Lipinski definition) is 0. The van der Waals surface area contributed by atoms with Crippen molar-refractivity contribution in [1.29, 1.82) is 0 Å². The van der Waals surface area contributed by atoms with Crippen LogP contribution in [0.15, 0.2) is 42.7 Å². The molecule has 0 saturated carbocycles. The van der Waals surface area contributed by atoms with Crippen LogP contribution in [-0.2, 0) is 19.5 Å². The number of nitrogens with zero attached hydrogens (tertiary/aromatic N) is 2. The molecule has 1 aromatic heterocycles. The lowest BCUT2D eigenvalue weighted by Gasteiger charge is -2.05. The summed E-state index contributed by atoms with van der Waals surface area (Å²) in [7, 11) is 0. The smallest absolute Gasteiger partial charge is 0.235 e. The Labute approximate surface area is 174 Å². The molecule has 2 aromatic rings. The number of benzene rings is 1. The predicted molar refractivity (Wildman–Crippen MR) is 121 cm³/mol. The van der Waals surface area contributed by atoms with Gasteiger partial charge in [-0.1, -0.05) is 108 Å². The first-order valence-corrected chi connectivity index (χ1v) is 12.0. The zero-order chi connectivity index (χ0) is 19.9. The second kappa shape index (κ2) is 14.4. The van der Waals surface area contributed by atoms with Crippen LogP contribution in [0.4, 0.5) is 0 Å². The summed E-state index contributed by atoms with van der Waals surface area (Å²) in [6.07, 6.45) is 22.7. The van der Waals surface area contributed by atoms with Gasteiger partial charge in [-0.15, -0.1) is 0 Å². The molecule has 0 N–H and O–H groups in total. The van der Waals surface area contributed by atoms with Gasteiger partial charge in [-0.3, -0.25) is 0 Å². The highest BCUT2D eigenvalue weighted by atomic mass is 15.1. The van der Waals surface area contributed by atoms with E-state index in [4.69, 9.17) is 0 Å². The molecule has 0 amide bonds. The molecule has 0 aliphatic rings. The SMILES string of the molecule is CCCCCCCCCCCCCCc1n(CC)cc[n+]1Cc1ccccc1. The van der Waals surface area contributed by atoms with E-state index < -0.39 is 0 Å². The van der Waals surface area contributed by atoms with Crippen molar-refractivity contribution in [3.63, 3.8) is 0 Å². The van der Waals surface area contributed by atoms with Crippen molar-refractivity contribution in [3.05, 3.63) is 54.1 Å². The number of hydrogen-bond acceptors (Lipinski definition) is 0. The first-order chi connectivity index (χ1) is 13.8. The topological polar surface area (TPSA) is 8.81 Å². The molecule has 0 radical (unpaired) electrons. The fourth-order valence-electron chi connectivity index (χ4n) is 4.12. The quantitative estimate of drug-likeness (QED) is 0.216. The van der Waals surface area contributed by atoms with Crippen LogP contribution in [0.25, 0.3) is 0 Å². The molecule has 2 heteroatoms. The normalized spacial score (nSPS) is 11.2. The first-order valence-electron chi connectivity index (χ1n) is 12.0. The third kappa shape index (κ3) is 8.63. The Hall–Kier alpha value is -1.57. The van der Waals surface area contributed by atoms with Crippen LogP contribution in [0.2, 0.25) is 0 Å². The molecule has 0 unspecified atom stereocenters. The minimum absolute atomic E-state index is 0.988. The molecule has 1 heterocycles. The third-order valence-corrected chi connectivity index (χ3v) is 5.88. The van der Waals surface area contributed by atoms with E-state index in [0.717, 1.165) is 13.1 Å². The van der Waals surface area contributed by atoms with E-state index in [-0.39, 0.29) is 0 Å². The van der Waals surface area contributed by atoms with Gasteiger partial charge in [0, 0.05) is 6.42 Å². The maximum atomic E-state index is 2.44. The van der Waals surface area contributed by atoms with Gasteiger partial charge in [-0.25, -0.2) is 9.13 Å². The van der Waals surface area contributed by atoms with Crippen molar-refractivity contribution >= 4 is 0 Å². The van der Waals surface area contributed by atoms with Crippen molar-refractivity contribution in [2.24, 2.45) is 0 Å². The Kier molecular flexibility index (Phi) is 11.7. The van der Waals surface area contributed by atoms with Crippen molar-refractivity contribution in [3.8, 4) is 0 Å². The zero-order valence-corrected chi connectivity index (χ0v) is 18.5. The van der Waals surface area contributed by atoms with Gasteiger partial charge in [0.2, 0.25) is 0 Å². The van der Waals surface area contributed by atoms with Gasteiger partial charge in [0.1, 0.15) is 18.9 Å². The number of rotatable bonds is 16. The molecular formula is C26H43N2+. The average molecular weight is 384 g/mol. The largest absolute Gasteiger partial charge is 0.256 e. The van der Waals surface area contributed by atoms with E-state index in [1.54, 1.807) is 0 Å². The molecule has 0 bridgehead atoms. The lowest BCUT2D eigenvalue weighted by molar-refractivity contribution is -0.695. The number of aryl methyl sites for hydroxylation is 1. The second-order valence-electron chi connectivity index (χ2n) is 8.25. The molecule has 2 nitrogen and oxygen atoms in total. The highest BCUT2D eigenvalue weighted by Gasteiger charge is 2.15. The van der Waals surface area contributed by atoms with Crippen LogP contribution in [0.1, 0.15) is 102 Å². The van der Waals surface area contributed by atoms with Gasteiger partial charge in [-0.05, 0) is 18.9 Å². The monoisotopic (exact) mass is 383 g/mol. The van der Waals surface area contributed by atoms with Gasteiger partial charge in [0.05, 0.1) is 6.54 Å². The van der Waals surface area contributed by atoms with E-state index in [0.29, 0.717) is 0 Å². The van der Waals surface area contributed by atoms with Gasteiger partial charge in [0.25, 0.3) is 5.82 Å². The Morgan fingerprint density at radius 3 is 1.86 bits per heavy atom. The van der Waals surface area contributed by atoms with Crippen molar-refractivity contribution in [1.82, 2.24) is 4.57 Å². The zero-order valence-electron chi connectivity index (χ0n) is 18.5. The Balaban J connectivity index is 1.60. The number of imidazole rings is 1. The van der Waals surface area contributed by atoms with Crippen LogP contribution in [0.5, 0.6) is 0 Å². The van der Waals surface area contributed by atoms with Crippen LogP contribution >= 0.6 is 0 Å². The third-order valence-electron chi connectivity index (χ3n) is 5.88. The summed E-state index contributed by atoms with van der Waals surface area (Å²) in [4.78, 5) is 0. The number of aromatic nitrogens is 2. The fraction of sp³-hybridized carbons (Fsp3) is 0.654. The highest BCUT2D eigenvalue weighted by Crippen LogP contribution is 2.13. The lowest BCUT2D eigenvalue weighted by Crippen LogP contribution is -2.37. The fourth-order valence-corrected chi connectivity index (χ4v) is 4.12. The van der Waals surface area contributed by atoms with E-state index in [1.165, 1.54) is 94.9 Å². The maximum absolute atomic E-state index is 2.44. The summed E-state index contributed by atoms with van der Waals surface area (Å²) in [6, 6.07) is 10.8. The molecule has 0 aliphatic heterocycles. The molecule has 0 saturated heterocycles. The molecule has 1 aromatic carbocycles. The molecule has 2 rings (SSSR count). The summed E-state index contributed by atoms with van der Waals surface area (Å²) in [5.41, 5.74) is 1.39. The van der Waals surface area contributed by atoms with E-state index in [1.807, 2.05) is 0 Å². The van der Waals surface area contributed by atoms with E-state index in [9.17, 15) is 0 Å². The molecule has 0 fully saturated rings. The van der Waals surface area contributed by atoms with Gasteiger partial charge >= 0.3 is 0 Å². The molecule has 28 heavy (non-hydrogen) atoms. The Morgan fingerprint density at radius 1 is 0.714 bits per heavy atom. The van der Waals surface area contributed by atoms with Crippen molar-refractivity contribution in [2.45, 2.75) is 110 Å². The van der Waals surface area contributed by atoms with Gasteiger partial charge in [0.15, 0.2) is 0 Å². The molecule has 0 atom stereocenters. The van der Waals surface area contributed by atoms with Gasteiger partial charge < -0.3 is 0 Å². The first kappa shape index (κ1) is 22.7. The molecular weight excluding hydrogens is 340 g/mol. The van der Waals surface area contributed by atoms with E-state index in [2.05, 4.69) is 65.7 Å². The minimum atomic E-state index is 0.988. The van der Waals surface area contributed by atoms with Crippen molar-refractivity contribution < 1.29 is 4.57 Å². The summed E-state index contributed by atoms with van der Waals surface area (Å²) in [5.74, 6) is 1.48. The molecule has 156 valence electrons. The average Bonchev–Trinajstić information content (AvgIpc) is 3.11. The van der Waals surface area contributed by atoms with Crippen LogP contribution in [-0.4, -0.2) is 4.57 Å². The Bertz CT molecular complexity index is 615. The standard InChI is InChI=1S/C26H43N2/c1-3-5-6-7-8-9-10-11-12-13-14-18-21-26-27(4-2)22-23-28(26)24-25-19-16-15-17-20-25/h15-17,19-20,22-23H,3-14,18,21,24H2,1-2H3/q+1. The predicted octanol–water partition coefficient (Wildman–Crippen LogP) is 7.09. The van der Waals surface area contributed by atoms with Crippen LogP contribution in [0.3, 0.4) is 0 Å². The van der Waals surface area contributed by atoms with Crippen LogP contribution < -0.4 is 4.57 Å². The van der Waals surface area contributed by atoms with Crippen LogP contribution in [0, 0.1) is 0 Å². The maximum Gasteiger partial charge on any atom is 0.256 e. The molecule has 0 spiro atoms.